The first kappa shape index (κ1) is 16.0. The summed E-state index contributed by atoms with van der Waals surface area (Å²) in [4.78, 5) is 11.8. The number of fused-ring (bicyclic) bond motifs is 2. The number of methoxy groups -OCH3 is 1. The van der Waals surface area contributed by atoms with Crippen molar-refractivity contribution in [1.82, 2.24) is 0 Å². The lowest BCUT2D eigenvalue weighted by atomic mass is 9.86. The predicted molar refractivity (Wildman–Crippen MR) is 96.2 cm³/mol. The van der Waals surface area contributed by atoms with Crippen LogP contribution in [0.3, 0.4) is 0 Å². The second kappa shape index (κ2) is 6.11. The molecule has 2 N–H and O–H groups in total. The van der Waals surface area contributed by atoms with E-state index >= 15 is 0 Å². The van der Waals surface area contributed by atoms with Crippen LogP contribution in [0, 0.1) is 0 Å². The summed E-state index contributed by atoms with van der Waals surface area (Å²) in [5.41, 5.74) is 2.86. The van der Waals surface area contributed by atoms with Crippen LogP contribution in [0.25, 0.3) is 11.1 Å². The molecule has 0 aromatic heterocycles. The maximum Gasteiger partial charge on any atom is 0.139 e. The van der Waals surface area contributed by atoms with Gasteiger partial charge in [0.2, 0.25) is 0 Å². The van der Waals surface area contributed by atoms with Crippen LogP contribution in [-0.2, 0) is 4.79 Å². The molecule has 1 unspecified atom stereocenters. The Morgan fingerprint density at radius 3 is 2.58 bits per heavy atom. The summed E-state index contributed by atoms with van der Waals surface area (Å²) in [6.07, 6.45) is 0.770. The highest BCUT2D eigenvalue weighted by Crippen LogP contribution is 2.49. The zero-order chi connectivity index (χ0) is 18.3. The summed E-state index contributed by atoms with van der Waals surface area (Å²) in [6, 6.07) is 15.8. The Morgan fingerprint density at radius 1 is 1.00 bits per heavy atom. The number of carbonyl (C=O) groups excluding carboxylic acids is 1. The molecule has 0 radical (unpaired) electrons. The van der Waals surface area contributed by atoms with Gasteiger partial charge in [-0.15, -0.1) is 0 Å². The van der Waals surface area contributed by atoms with Gasteiger partial charge in [0.25, 0.3) is 0 Å². The number of hydrogen-bond donors (Lipinski definition) is 2. The molecule has 0 saturated carbocycles. The molecule has 0 bridgehead atoms. The number of phenols is 2. The Hall–Kier alpha value is -3.47. The fourth-order valence-corrected chi connectivity index (χ4v) is 3.28. The topological polar surface area (TPSA) is 76.0 Å². The van der Waals surface area contributed by atoms with E-state index in [1.165, 1.54) is 12.1 Å². The lowest BCUT2D eigenvalue weighted by Crippen LogP contribution is -2.11. The minimum absolute atomic E-state index is 0.123. The van der Waals surface area contributed by atoms with Crippen molar-refractivity contribution in [1.29, 1.82) is 0 Å². The molecule has 1 heterocycles. The molecule has 26 heavy (non-hydrogen) atoms. The van der Waals surface area contributed by atoms with Crippen molar-refractivity contribution in [2.45, 2.75) is 5.92 Å². The van der Waals surface area contributed by atoms with Crippen LogP contribution >= 0.6 is 0 Å². The molecular weight excluding hydrogens is 332 g/mol. The number of hydrogen-bond acceptors (Lipinski definition) is 5. The molecule has 1 aliphatic heterocycles. The van der Waals surface area contributed by atoms with Crippen LogP contribution in [0.1, 0.15) is 17.0 Å². The highest BCUT2D eigenvalue weighted by atomic mass is 16.5. The van der Waals surface area contributed by atoms with Crippen LogP contribution < -0.4 is 9.47 Å². The average molecular weight is 348 g/mol. The zero-order valence-corrected chi connectivity index (χ0v) is 14.0. The standard InChI is InChI=1S/C21H16O5/c1-25-15-4-2-3-12(7-15)13-5-6-19-16(8-13)17(11-22)21-18(24)9-14(23)10-20(21)26-19/h2-11,17,23-24H,1H3. The number of carbonyl (C=O) groups is 1. The highest BCUT2D eigenvalue weighted by molar-refractivity contribution is 5.79. The van der Waals surface area contributed by atoms with Gasteiger partial charge in [-0.3, -0.25) is 0 Å². The Kier molecular flexibility index (Phi) is 3.77. The molecule has 1 aliphatic rings. The molecule has 0 amide bonds. The number of aromatic hydroxyl groups is 2. The number of rotatable bonds is 3. The second-order valence-corrected chi connectivity index (χ2v) is 6.08. The Balaban J connectivity index is 1.85. The summed E-state index contributed by atoms with van der Waals surface area (Å²) in [7, 11) is 1.61. The van der Waals surface area contributed by atoms with Gasteiger partial charge in [-0.2, -0.15) is 0 Å². The molecule has 0 spiro atoms. The minimum Gasteiger partial charge on any atom is -0.508 e. The van der Waals surface area contributed by atoms with Crippen LogP contribution in [-0.4, -0.2) is 23.6 Å². The maximum absolute atomic E-state index is 11.8. The van der Waals surface area contributed by atoms with E-state index in [2.05, 4.69) is 0 Å². The third-order valence-corrected chi connectivity index (χ3v) is 4.52. The van der Waals surface area contributed by atoms with Crippen molar-refractivity contribution >= 4 is 6.29 Å². The lowest BCUT2D eigenvalue weighted by molar-refractivity contribution is -0.108. The molecule has 3 aromatic rings. The first-order chi connectivity index (χ1) is 12.6. The summed E-state index contributed by atoms with van der Waals surface area (Å²) in [5, 5.41) is 19.9. The maximum atomic E-state index is 11.8. The van der Waals surface area contributed by atoms with Gasteiger partial charge in [0, 0.05) is 17.7 Å². The highest BCUT2D eigenvalue weighted by Gasteiger charge is 2.30. The summed E-state index contributed by atoms with van der Waals surface area (Å²) < 4.78 is 11.1. The molecule has 0 fully saturated rings. The van der Waals surface area contributed by atoms with Crippen molar-refractivity contribution in [2.75, 3.05) is 7.11 Å². The number of phenolic OH excluding ortho intramolecular Hbond substituents is 2. The summed E-state index contributed by atoms with van der Waals surface area (Å²) in [6.45, 7) is 0. The fourth-order valence-electron chi connectivity index (χ4n) is 3.28. The SMILES string of the molecule is COc1cccc(-c2ccc3c(c2)C(C=O)c2c(O)cc(O)cc2O3)c1. The minimum atomic E-state index is -0.681. The van der Waals surface area contributed by atoms with Gasteiger partial charge in [-0.1, -0.05) is 18.2 Å². The fraction of sp³-hybridized carbons (Fsp3) is 0.0952. The van der Waals surface area contributed by atoms with E-state index in [-0.39, 0.29) is 17.2 Å². The molecular formula is C21H16O5. The molecule has 0 aliphatic carbocycles. The van der Waals surface area contributed by atoms with Crippen LogP contribution in [0.15, 0.2) is 54.6 Å². The number of ether oxygens (including phenoxy) is 2. The molecule has 3 aromatic carbocycles. The van der Waals surface area contributed by atoms with Gasteiger partial charge >= 0.3 is 0 Å². The largest absolute Gasteiger partial charge is 0.508 e. The number of benzene rings is 3. The van der Waals surface area contributed by atoms with E-state index in [0.29, 0.717) is 16.9 Å². The van der Waals surface area contributed by atoms with E-state index < -0.39 is 5.92 Å². The molecule has 130 valence electrons. The smallest absolute Gasteiger partial charge is 0.139 e. The van der Waals surface area contributed by atoms with E-state index in [4.69, 9.17) is 9.47 Å². The second-order valence-electron chi connectivity index (χ2n) is 6.08. The van der Waals surface area contributed by atoms with Crippen LogP contribution in [0.4, 0.5) is 0 Å². The number of aldehydes is 1. The first-order valence-corrected chi connectivity index (χ1v) is 8.08. The monoisotopic (exact) mass is 348 g/mol. The Labute approximate surface area is 150 Å². The third kappa shape index (κ3) is 2.54. The molecule has 0 saturated heterocycles. The van der Waals surface area contributed by atoms with E-state index in [1.54, 1.807) is 13.2 Å². The summed E-state index contributed by atoms with van der Waals surface area (Å²) >= 11 is 0. The van der Waals surface area contributed by atoms with Gasteiger partial charge < -0.3 is 24.5 Å². The van der Waals surface area contributed by atoms with Gasteiger partial charge in [-0.05, 0) is 35.4 Å². The molecule has 5 nitrogen and oxygen atoms in total. The third-order valence-electron chi connectivity index (χ3n) is 4.52. The van der Waals surface area contributed by atoms with Crippen molar-refractivity contribution < 1.29 is 24.5 Å². The van der Waals surface area contributed by atoms with E-state index in [1.807, 2.05) is 36.4 Å². The van der Waals surface area contributed by atoms with Gasteiger partial charge in [0.1, 0.15) is 35.0 Å². The molecule has 4 rings (SSSR count). The predicted octanol–water partition coefficient (Wildman–Crippen LogP) is 4.21. The van der Waals surface area contributed by atoms with Gasteiger partial charge in [-0.25, -0.2) is 0 Å². The van der Waals surface area contributed by atoms with Crippen molar-refractivity contribution in [2.24, 2.45) is 0 Å². The normalized spacial score (nSPS) is 14.7. The van der Waals surface area contributed by atoms with Crippen LogP contribution in [0.2, 0.25) is 0 Å². The van der Waals surface area contributed by atoms with E-state index in [9.17, 15) is 15.0 Å². The Bertz CT molecular complexity index is 1010. The van der Waals surface area contributed by atoms with Crippen molar-refractivity contribution in [3.63, 3.8) is 0 Å². The van der Waals surface area contributed by atoms with Gasteiger partial charge in [0.15, 0.2) is 0 Å². The average Bonchev–Trinajstić information content (AvgIpc) is 2.65. The zero-order valence-electron chi connectivity index (χ0n) is 14.0. The van der Waals surface area contributed by atoms with Crippen molar-refractivity contribution in [3.8, 4) is 39.9 Å². The van der Waals surface area contributed by atoms with Crippen LogP contribution in [0.5, 0.6) is 28.7 Å². The molecule has 5 heteroatoms. The van der Waals surface area contributed by atoms with Crippen molar-refractivity contribution in [3.05, 3.63) is 65.7 Å². The van der Waals surface area contributed by atoms with E-state index in [0.717, 1.165) is 23.2 Å². The van der Waals surface area contributed by atoms with Gasteiger partial charge in [0.05, 0.1) is 18.6 Å². The molecule has 1 atom stereocenters. The quantitative estimate of drug-likeness (QED) is 0.694. The first-order valence-electron chi connectivity index (χ1n) is 8.08. The summed E-state index contributed by atoms with van der Waals surface area (Å²) in [5.74, 6) is 0.561. The Morgan fingerprint density at radius 2 is 1.81 bits per heavy atom. The lowest BCUT2D eigenvalue weighted by Gasteiger charge is -2.26.